The van der Waals surface area contributed by atoms with E-state index in [9.17, 15) is 0 Å². The molecule has 1 N–H and O–H groups in total. The molecule has 1 fully saturated rings. The molecule has 2 atom stereocenters. The van der Waals surface area contributed by atoms with Crippen LogP contribution >= 0.6 is 15.9 Å². The summed E-state index contributed by atoms with van der Waals surface area (Å²) in [7, 11) is 0. The van der Waals surface area contributed by atoms with E-state index in [1.54, 1.807) is 0 Å². The number of halogens is 1. The molecule has 1 aliphatic heterocycles. The minimum atomic E-state index is 0.145. The molecule has 3 nitrogen and oxygen atoms in total. The zero-order valence-corrected chi connectivity index (χ0v) is 15.0. The lowest BCUT2D eigenvalue weighted by Gasteiger charge is -2.23. The molecular weight excluding hydrogens is 330 g/mol. The van der Waals surface area contributed by atoms with Gasteiger partial charge in [0.05, 0.1) is 12.2 Å². The molecule has 0 saturated carbocycles. The van der Waals surface area contributed by atoms with Gasteiger partial charge in [-0.05, 0) is 64.3 Å². The Bertz CT molecular complexity index is 470. The SMILES string of the molecule is Cc1cc(Br)ccc1OCC1CCC(CNC(C)(C)C)O1. The Balaban J connectivity index is 1.75. The Morgan fingerprint density at radius 3 is 2.67 bits per heavy atom. The minimum absolute atomic E-state index is 0.145. The van der Waals surface area contributed by atoms with E-state index in [0.29, 0.717) is 12.7 Å². The van der Waals surface area contributed by atoms with Gasteiger partial charge in [0.2, 0.25) is 0 Å². The normalized spacial score (nSPS) is 22.5. The second kappa shape index (κ2) is 7.12. The molecule has 0 radical (unpaired) electrons. The van der Waals surface area contributed by atoms with E-state index in [-0.39, 0.29) is 11.6 Å². The van der Waals surface area contributed by atoms with E-state index in [0.717, 1.165) is 35.2 Å². The molecule has 1 saturated heterocycles. The van der Waals surface area contributed by atoms with Crippen LogP contribution in [0.5, 0.6) is 5.75 Å². The molecule has 4 heteroatoms. The van der Waals surface area contributed by atoms with Crippen molar-refractivity contribution < 1.29 is 9.47 Å². The van der Waals surface area contributed by atoms with Crippen molar-refractivity contribution in [2.75, 3.05) is 13.2 Å². The fourth-order valence-corrected chi connectivity index (χ4v) is 2.91. The van der Waals surface area contributed by atoms with Gasteiger partial charge < -0.3 is 14.8 Å². The summed E-state index contributed by atoms with van der Waals surface area (Å²) in [4.78, 5) is 0. The minimum Gasteiger partial charge on any atom is -0.491 e. The fourth-order valence-electron chi connectivity index (χ4n) is 2.43. The van der Waals surface area contributed by atoms with Gasteiger partial charge in [-0.25, -0.2) is 0 Å². The number of nitrogens with one attached hydrogen (secondary N) is 1. The molecule has 0 bridgehead atoms. The molecule has 0 spiro atoms. The average Bonchev–Trinajstić information content (AvgIpc) is 2.82. The lowest BCUT2D eigenvalue weighted by molar-refractivity contribution is 0.0160. The second-order valence-electron chi connectivity index (χ2n) is 6.81. The number of aryl methyl sites for hydroxylation is 1. The number of hydrogen-bond donors (Lipinski definition) is 1. The topological polar surface area (TPSA) is 30.5 Å². The van der Waals surface area contributed by atoms with E-state index < -0.39 is 0 Å². The van der Waals surface area contributed by atoms with Crippen LogP contribution in [0.2, 0.25) is 0 Å². The van der Waals surface area contributed by atoms with Gasteiger partial charge in [0, 0.05) is 16.6 Å². The molecule has 21 heavy (non-hydrogen) atoms. The fraction of sp³-hybridized carbons (Fsp3) is 0.647. The highest BCUT2D eigenvalue weighted by atomic mass is 79.9. The molecule has 1 aromatic carbocycles. The maximum atomic E-state index is 6.05. The van der Waals surface area contributed by atoms with E-state index in [2.05, 4.69) is 55.0 Å². The van der Waals surface area contributed by atoms with Gasteiger partial charge in [0.15, 0.2) is 0 Å². The third-order valence-electron chi connectivity index (χ3n) is 3.62. The Hall–Kier alpha value is -0.580. The van der Waals surface area contributed by atoms with Crippen LogP contribution in [-0.2, 0) is 4.74 Å². The predicted molar refractivity (Wildman–Crippen MR) is 90.0 cm³/mol. The first-order valence-corrected chi connectivity index (χ1v) is 8.42. The van der Waals surface area contributed by atoms with Crippen LogP contribution in [-0.4, -0.2) is 30.9 Å². The highest BCUT2D eigenvalue weighted by Gasteiger charge is 2.26. The summed E-state index contributed by atoms with van der Waals surface area (Å²) < 4.78 is 13.0. The summed E-state index contributed by atoms with van der Waals surface area (Å²) in [6.45, 7) is 10.1. The number of hydrogen-bond acceptors (Lipinski definition) is 3. The monoisotopic (exact) mass is 355 g/mol. The summed E-state index contributed by atoms with van der Waals surface area (Å²) in [5, 5.41) is 3.50. The van der Waals surface area contributed by atoms with E-state index in [1.165, 1.54) is 0 Å². The van der Waals surface area contributed by atoms with Crippen LogP contribution in [0.1, 0.15) is 39.2 Å². The van der Waals surface area contributed by atoms with Crippen LogP contribution < -0.4 is 10.1 Å². The molecular formula is C17H26BrNO2. The van der Waals surface area contributed by atoms with Gasteiger partial charge in [-0.15, -0.1) is 0 Å². The van der Waals surface area contributed by atoms with Crippen molar-refractivity contribution in [3.63, 3.8) is 0 Å². The van der Waals surface area contributed by atoms with Crippen LogP contribution in [0, 0.1) is 6.92 Å². The Morgan fingerprint density at radius 1 is 1.29 bits per heavy atom. The lowest BCUT2D eigenvalue weighted by Crippen LogP contribution is -2.41. The predicted octanol–water partition coefficient (Wildman–Crippen LogP) is 4.07. The summed E-state index contributed by atoms with van der Waals surface area (Å²) in [5.74, 6) is 0.943. The van der Waals surface area contributed by atoms with Crippen LogP contribution in [0.25, 0.3) is 0 Å². The maximum Gasteiger partial charge on any atom is 0.122 e. The van der Waals surface area contributed by atoms with Crippen molar-refractivity contribution in [3.8, 4) is 5.75 Å². The third kappa shape index (κ3) is 5.61. The highest BCUT2D eigenvalue weighted by Crippen LogP contribution is 2.25. The first-order valence-electron chi connectivity index (χ1n) is 7.63. The number of benzene rings is 1. The molecule has 0 aliphatic carbocycles. The molecule has 1 aliphatic rings. The van der Waals surface area contributed by atoms with Gasteiger partial charge in [0.1, 0.15) is 12.4 Å². The van der Waals surface area contributed by atoms with Crippen molar-refractivity contribution in [2.24, 2.45) is 0 Å². The van der Waals surface area contributed by atoms with Gasteiger partial charge in [-0.2, -0.15) is 0 Å². The Labute approximate surface area is 136 Å². The van der Waals surface area contributed by atoms with E-state index in [1.807, 2.05) is 12.1 Å². The molecule has 0 amide bonds. The zero-order chi connectivity index (χ0) is 15.5. The molecule has 2 unspecified atom stereocenters. The maximum absolute atomic E-state index is 6.05. The van der Waals surface area contributed by atoms with Gasteiger partial charge in [-0.1, -0.05) is 15.9 Å². The largest absolute Gasteiger partial charge is 0.491 e. The Kier molecular flexibility index (Phi) is 5.69. The van der Waals surface area contributed by atoms with Crippen LogP contribution in [0.3, 0.4) is 0 Å². The summed E-state index contributed by atoms with van der Waals surface area (Å²) in [6, 6.07) is 6.09. The first-order chi connectivity index (χ1) is 9.83. The van der Waals surface area contributed by atoms with Gasteiger partial charge in [-0.3, -0.25) is 0 Å². The molecule has 1 heterocycles. The van der Waals surface area contributed by atoms with Crippen molar-refractivity contribution in [1.82, 2.24) is 5.32 Å². The number of rotatable bonds is 5. The van der Waals surface area contributed by atoms with Crippen LogP contribution in [0.4, 0.5) is 0 Å². The first kappa shape index (κ1) is 16.8. The van der Waals surface area contributed by atoms with Crippen molar-refractivity contribution >= 4 is 15.9 Å². The van der Waals surface area contributed by atoms with E-state index in [4.69, 9.17) is 9.47 Å². The average molecular weight is 356 g/mol. The van der Waals surface area contributed by atoms with Crippen molar-refractivity contribution in [2.45, 2.75) is 58.3 Å². The van der Waals surface area contributed by atoms with Crippen molar-refractivity contribution in [1.29, 1.82) is 0 Å². The Morgan fingerprint density at radius 2 is 2.00 bits per heavy atom. The van der Waals surface area contributed by atoms with E-state index >= 15 is 0 Å². The second-order valence-corrected chi connectivity index (χ2v) is 7.72. The standard InChI is InChI=1S/C17H26BrNO2/c1-12-9-13(18)5-8-16(12)20-11-15-7-6-14(21-15)10-19-17(2,3)4/h5,8-9,14-15,19H,6-7,10-11H2,1-4H3. The third-order valence-corrected chi connectivity index (χ3v) is 4.11. The van der Waals surface area contributed by atoms with Gasteiger partial charge in [0.25, 0.3) is 0 Å². The van der Waals surface area contributed by atoms with Gasteiger partial charge >= 0.3 is 0 Å². The summed E-state index contributed by atoms with van der Waals surface area (Å²) in [5.41, 5.74) is 1.29. The van der Waals surface area contributed by atoms with Crippen molar-refractivity contribution in [3.05, 3.63) is 28.2 Å². The zero-order valence-electron chi connectivity index (χ0n) is 13.4. The van der Waals surface area contributed by atoms with Crippen LogP contribution in [0.15, 0.2) is 22.7 Å². The summed E-state index contributed by atoms with van der Waals surface area (Å²) in [6.07, 6.45) is 2.70. The molecule has 0 aromatic heterocycles. The number of ether oxygens (including phenoxy) is 2. The highest BCUT2D eigenvalue weighted by molar-refractivity contribution is 9.10. The molecule has 2 rings (SSSR count). The molecule has 118 valence electrons. The lowest BCUT2D eigenvalue weighted by atomic mass is 10.1. The smallest absolute Gasteiger partial charge is 0.122 e. The quantitative estimate of drug-likeness (QED) is 0.863. The molecule has 1 aromatic rings. The summed E-state index contributed by atoms with van der Waals surface area (Å²) >= 11 is 3.47.